The molecule has 0 radical (unpaired) electrons. The first-order chi connectivity index (χ1) is 19.7. The van der Waals surface area contributed by atoms with Gasteiger partial charge >= 0.3 is 6.03 Å². The van der Waals surface area contributed by atoms with Crippen molar-refractivity contribution in [3.05, 3.63) is 25.3 Å². The summed E-state index contributed by atoms with van der Waals surface area (Å²) in [6, 6.07) is -3.00. The van der Waals surface area contributed by atoms with Gasteiger partial charge in [0.1, 0.15) is 12.1 Å². The summed E-state index contributed by atoms with van der Waals surface area (Å²) in [4.78, 5) is 68.1. The van der Waals surface area contributed by atoms with E-state index >= 15 is 0 Å². The fourth-order valence-electron chi connectivity index (χ4n) is 6.58. The lowest BCUT2D eigenvalue weighted by molar-refractivity contribution is -0.145. The van der Waals surface area contributed by atoms with Gasteiger partial charge in [0.2, 0.25) is 17.6 Å². The van der Waals surface area contributed by atoms with Crippen LogP contribution in [0.15, 0.2) is 25.3 Å². The highest BCUT2D eigenvalue weighted by atomic mass is 16.2. The van der Waals surface area contributed by atoms with Crippen LogP contribution in [0, 0.1) is 22.7 Å². The third-order valence-electron chi connectivity index (χ3n) is 9.24. The molecule has 3 fully saturated rings. The molecular formula is C32H51N5O5. The molecule has 1 heterocycles. The molecule has 10 heteroatoms. The van der Waals surface area contributed by atoms with Gasteiger partial charge in [0.15, 0.2) is 0 Å². The number of hydrogen-bond acceptors (Lipinski definition) is 5. The molecule has 42 heavy (non-hydrogen) atoms. The van der Waals surface area contributed by atoms with Crippen molar-refractivity contribution in [2.75, 3.05) is 13.1 Å². The number of ketones is 1. The molecule has 10 nitrogen and oxygen atoms in total. The molecule has 0 aromatic carbocycles. The molecule has 5 amide bonds. The van der Waals surface area contributed by atoms with E-state index in [1.165, 1.54) is 6.42 Å². The Balaban J connectivity index is 1.78. The molecule has 2 saturated carbocycles. The van der Waals surface area contributed by atoms with Crippen LogP contribution in [-0.4, -0.2) is 71.7 Å². The maximum absolute atomic E-state index is 14.1. The van der Waals surface area contributed by atoms with E-state index in [0.29, 0.717) is 19.4 Å². The van der Waals surface area contributed by atoms with Crippen molar-refractivity contribution in [1.82, 2.24) is 26.2 Å². The fraction of sp³-hybridized carbons (Fsp3) is 0.719. The van der Waals surface area contributed by atoms with Crippen LogP contribution in [0.4, 0.5) is 4.79 Å². The Labute approximate surface area is 250 Å². The third kappa shape index (κ3) is 7.81. The smallest absolute Gasteiger partial charge is 0.315 e. The summed E-state index contributed by atoms with van der Waals surface area (Å²) < 4.78 is 0. The van der Waals surface area contributed by atoms with Gasteiger partial charge < -0.3 is 26.2 Å². The lowest BCUT2D eigenvalue weighted by atomic mass is 9.85. The van der Waals surface area contributed by atoms with Gasteiger partial charge in [-0.3, -0.25) is 19.2 Å². The van der Waals surface area contributed by atoms with Crippen molar-refractivity contribution >= 4 is 29.5 Å². The van der Waals surface area contributed by atoms with E-state index in [9.17, 15) is 24.0 Å². The quantitative estimate of drug-likeness (QED) is 0.149. The zero-order valence-electron chi connectivity index (χ0n) is 26.1. The molecule has 234 valence electrons. The highest BCUT2D eigenvalue weighted by molar-refractivity contribution is 6.38. The maximum Gasteiger partial charge on any atom is 0.315 e. The number of amides is 5. The van der Waals surface area contributed by atoms with Crippen molar-refractivity contribution in [2.45, 2.75) is 110 Å². The van der Waals surface area contributed by atoms with Crippen molar-refractivity contribution in [3.8, 4) is 0 Å². The molecule has 2 unspecified atom stereocenters. The summed E-state index contributed by atoms with van der Waals surface area (Å²) in [5.74, 6) is -2.24. The van der Waals surface area contributed by atoms with E-state index in [1.54, 1.807) is 17.1 Å². The van der Waals surface area contributed by atoms with E-state index < -0.39 is 41.1 Å². The number of allylic oxidation sites excluding steroid dienone is 1. The van der Waals surface area contributed by atoms with Crippen molar-refractivity contribution in [2.24, 2.45) is 22.7 Å². The highest BCUT2D eigenvalue weighted by Gasteiger charge is 2.69. The number of carbonyl (C=O) groups excluding carboxylic acids is 5. The van der Waals surface area contributed by atoms with Crippen LogP contribution >= 0.6 is 0 Å². The summed E-state index contributed by atoms with van der Waals surface area (Å²) in [5, 5.41) is 11.3. The monoisotopic (exact) mass is 585 g/mol. The zero-order valence-corrected chi connectivity index (χ0v) is 26.1. The van der Waals surface area contributed by atoms with Crippen LogP contribution < -0.4 is 21.3 Å². The molecule has 1 saturated heterocycles. The highest BCUT2D eigenvalue weighted by Crippen LogP contribution is 2.65. The second kappa shape index (κ2) is 13.9. The molecule has 3 rings (SSSR count). The lowest BCUT2D eigenvalue weighted by Gasteiger charge is -2.38. The predicted octanol–water partition coefficient (Wildman–Crippen LogP) is 3.23. The van der Waals surface area contributed by atoms with Gasteiger partial charge in [-0.15, -0.1) is 13.2 Å². The van der Waals surface area contributed by atoms with Crippen molar-refractivity contribution in [3.63, 3.8) is 0 Å². The minimum Gasteiger partial charge on any atom is -0.349 e. The normalized spacial score (nSPS) is 24.4. The summed E-state index contributed by atoms with van der Waals surface area (Å²) in [6.45, 7) is 17.8. The largest absolute Gasteiger partial charge is 0.349 e. The first kappa shape index (κ1) is 33.3. The number of nitrogens with zero attached hydrogens (tertiary/aromatic N) is 1. The van der Waals surface area contributed by atoms with E-state index in [4.69, 9.17) is 0 Å². The fourth-order valence-corrected chi connectivity index (χ4v) is 6.58. The number of likely N-dealkylation sites (tertiary alicyclic amines) is 1. The summed E-state index contributed by atoms with van der Waals surface area (Å²) in [7, 11) is 0. The van der Waals surface area contributed by atoms with Crippen LogP contribution in [0.1, 0.15) is 86.0 Å². The van der Waals surface area contributed by atoms with Gasteiger partial charge in [0, 0.05) is 19.1 Å². The van der Waals surface area contributed by atoms with Crippen LogP contribution in [-0.2, 0) is 19.2 Å². The summed E-state index contributed by atoms with van der Waals surface area (Å²) in [5.41, 5.74) is -0.763. The Hall–Kier alpha value is -3.17. The van der Waals surface area contributed by atoms with Crippen LogP contribution in [0.3, 0.4) is 0 Å². The van der Waals surface area contributed by atoms with Crippen LogP contribution in [0.5, 0.6) is 0 Å². The van der Waals surface area contributed by atoms with Crippen molar-refractivity contribution < 1.29 is 24.0 Å². The minimum absolute atomic E-state index is 0.0882. The number of hydrogen-bond donors (Lipinski definition) is 4. The molecule has 0 spiro atoms. The topological polar surface area (TPSA) is 137 Å². The Morgan fingerprint density at radius 1 is 0.976 bits per heavy atom. The predicted molar refractivity (Wildman–Crippen MR) is 162 cm³/mol. The zero-order chi connectivity index (χ0) is 31.2. The molecule has 4 N–H and O–H groups in total. The molecule has 5 atom stereocenters. The Kier molecular flexibility index (Phi) is 11.0. The molecule has 1 aliphatic heterocycles. The van der Waals surface area contributed by atoms with E-state index in [0.717, 1.165) is 25.7 Å². The van der Waals surface area contributed by atoms with Crippen molar-refractivity contribution in [1.29, 1.82) is 0 Å². The molecule has 0 aromatic rings. The summed E-state index contributed by atoms with van der Waals surface area (Å²) >= 11 is 0. The molecule has 0 bridgehead atoms. The SMILES string of the molecule is C=CCCNC(=O)C(=O)[C@@H](CCC=C)NC(=O)[C@@H]1C2C(CN1C(=O)[C@@H](NC(=O)NC1CCCCC1)C(C)(C)C)C2(C)C. The van der Waals surface area contributed by atoms with E-state index in [1.807, 2.05) is 20.8 Å². The molecule has 2 aliphatic carbocycles. The number of nitrogens with one attached hydrogen (secondary N) is 4. The number of fused-ring (bicyclic) bond motifs is 1. The Bertz CT molecular complexity index is 1060. The number of carbonyl (C=O) groups is 5. The Morgan fingerprint density at radius 3 is 2.21 bits per heavy atom. The van der Waals surface area contributed by atoms with Crippen LogP contribution in [0.2, 0.25) is 0 Å². The van der Waals surface area contributed by atoms with Crippen LogP contribution in [0.25, 0.3) is 0 Å². The van der Waals surface area contributed by atoms with E-state index in [-0.39, 0.29) is 48.2 Å². The van der Waals surface area contributed by atoms with Gasteiger partial charge in [-0.1, -0.05) is 66.0 Å². The first-order valence-electron chi connectivity index (χ1n) is 15.5. The second-order valence-corrected chi connectivity index (χ2v) is 13.8. The lowest BCUT2D eigenvalue weighted by Crippen LogP contribution is -2.61. The van der Waals surface area contributed by atoms with Gasteiger partial charge in [-0.05, 0) is 54.8 Å². The van der Waals surface area contributed by atoms with E-state index in [2.05, 4.69) is 48.3 Å². The summed E-state index contributed by atoms with van der Waals surface area (Å²) in [6.07, 6.45) is 9.58. The number of rotatable bonds is 13. The van der Waals surface area contributed by atoms with Gasteiger partial charge in [0.25, 0.3) is 5.91 Å². The average Bonchev–Trinajstić information content (AvgIpc) is 3.24. The molecule has 0 aromatic heterocycles. The van der Waals surface area contributed by atoms with Gasteiger partial charge in [-0.2, -0.15) is 0 Å². The average molecular weight is 586 g/mol. The molecule has 3 aliphatic rings. The van der Waals surface area contributed by atoms with Gasteiger partial charge in [0.05, 0.1) is 6.04 Å². The first-order valence-corrected chi connectivity index (χ1v) is 15.5. The third-order valence-corrected chi connectivity index (χ3v) is 9.24. The minimum atomic E-state index is -1.05. The standard InChI is InChI=1S/C32H51N5O5/c1-8-10-17-22(25(38)28(40)33-18-11-9-2)35-27(39)24-23-21(32(23,6)7)19-37(24)29(41)26(31(3,4)5)36-30(42)34-20-15-13-12-14-16-20/h8-9,20-24,26H,1-2,10-19H2,3-7H3,(H,33,40)(H,35,39)(H2,34,36,42)/t21?,22-,23?,24+,26-/m1/s1. The maximum atomic E-state index is 14.1. The number of piperidine rings is 1. The molecular weight excluding hydrogens is 534 g/mol. The van der Waals surface area contributed by atoms with Gasteiger partial charge in [-0.25, -0.2) is 4.79 Å². The Morgan fingerprint density at radius 2 is 1.62 bits per heavy atom. The second-order valence-electron chi connectivity index (χ2n) is 13.8. The number of urea groups is 1. The number of Topliss-reactive ketones (excluding diaryl/α,β-unsaturated/α-hetero) is 1.